The molecule has 116 valence electrons. The van der Waals surface area contributed by atoms with Crippen LogP contribution in [0.25, 0.3) is 0 Å². The van der Waals surface area contributed by atoms with E-state index < -0.39 is 10.0 Å². The number of nitrogens with two attached hydrogens (primary N) is 1. The van der Waals surface area contributed by atoms with E-state index >= 15 is 0 Å². The lowest BCUT2D eigenvalue weighted by Crippen LogP contribution is -2.32. The summed E-state index contributed by atoms with van der Waals surface area (Å²) in [5.74, 6) is -0.185. The first-order valence-electron chi connectivity index (χ1n) is 6.33. The highest BCUT2D eigenvalue weighted by molar-refractivity contribution is 7.89. The number of carbonyl (C=O) groups excluding carboxylic acids is 1. The molecule has 21 heavy (non-hydrogen) atoms. The Bertz CT molecular complexity index is 637. The van der Waals surface area contributed by atoms with Gasteiger partial charge in [0, 0.05) is 24.0 Å². The molecule has 0 radical (unpaired) electrons. The Morgan fingerprint density at radius 2 is 2.00 bits per heavy atom. The van der Waals surface area contributed by atoms with Gasteiger partial charge >= 0.3 is 0 Å². The van der Waals surface area contributed by atoms with Crippen molar-refractivity contribution in [3.05, 3.63) is 22.2 Å². The Morgan fingerprint density at radius 1 is 1.33 bits per heavy atom. The number of benzene rings is 1. The maximum atomic E-state index is 12.2. The van der Waals surface area contributed by atoms with Crippen LogP contribution in [0, 0.1) is 0 Å². The van der Waals surface area contributed by atoms with E-state index in [-0.39, 0.29) is 45.5 Å². The standard InChI is InChI=1S/C12H15Cl2N3O3S/c13-7-5-9(14)12(10(15)6-7)21(19,20)16-4-3-11(18)17-8-1-2-8/h5-6,8,16H,1-4,15H2,(H,17,18). The normalized spacial score (nSPS) is 15.0. The first kappa shape index (κ1) is 16.4. The fraction of sp³-hybridized carbons (Fsp3) is 0.417. The highest BCUT2D eigenvalue weighted by Crippen LogP contribution is 2.30. The molecule has 0 heterocycles. The van der Waals surface area contributed by atoms with E-state index in [1.807, 2.05) is 0 Å². The topological polar surface area (TPSA) is 101 Å². The zero-order valence-electron chi connectivity index (χ0n) is 11.0. The zero-order valence-corrected chi connectivity index (χ0v) is 13.4. The summed E-state index contributed by atoms with van der Waals surface area (Å²) in [4.78, 5) is 11.3. The van der Waals surface area contributed by atoms with Gasteiger partial charge in [0.05, 0.1) is 10.7 Å². The molecule has 9 heteroatoms. The summed E-state index contributed by atoms with van der Waals surface area (Å²) in [6.45, 7) is -0.0285. The summed E-state index contributed by atoms with van der Waals surface area (Å²) in [7, 11) is -3.89. The lowest BCUT2D eigenvalue weighted by molar-refractivity contribution is -0.121. The number of carbonyl (C=O) groups is 1. The van der Waals surface area contributed by atoms with Gasteiger partial charge in [-0.1, -0.05) is 23.2 Å². The number of hydrogen-bond acceptors (Lipinski definition) is 4. The average Bonchev–Trinajstić information content (AvgIpc) is 3.10. The molecule has 4 N–H and O–H groups in total. The van der Waals surface area contributed by atoms with Gasteiger partial charge in [0.15, 0.2) is 0 Å². The molecule has 0 atom stereocenters. The largest absolute Gasteiger partial charge is 0.398 e. The van der Waals surface area contributed by atoms with E-state index in [4.69, 9.17) is 28.9 Å². The van der Waals surface area contributed by atoms with Crippen molar-refractivity contribution in [1.29, 1.82) is 0 Å². The van der Waals surface area contributed by atoms with E-state index in [9.17, 15) is 13.2 Å². The smallest absolute Gasteiger partial charge is 0.244 e. The van der Waals surface area contributed by atoms with Gasteiger partial charge in [-0.25, -0.2) is 13.1 Å². The zero-order chi connectivity index (χ0) is 15.6. The molecule has 6 nitrogen and oxygen atoms in total. The molecule has 1 aromatic rings. The molecule has 1 saturated carbocycles. The molecular formula is C12H15Cl2N3O3S. The summed E-state index contributed by atoms with van der Waals surface area (Å²) in [6.07, 6.45) is 2.02. The summed E-state index contributed by atoms with van der Waals surface area (Å²) in [5.41, 5.74) is 5.61. The van der Waals surface area contributed by atoms with Crippen LogP contribution in [0.15, 0.2) is 17.0 Å². The number of hydrogen-bond donors (Lipinski definition) is 3. The molecule has 0 unspecified atom stereocenters. The van der Waals surface area contributed by atoms with E-state index in [0.717, 1.165) is 12.8 Å². The fourth-order valence-corrected chi connectivity index (χ4v) is 3.78. The lowest BCUT2D eigenvalue weighted by Gasteiger charge is -2.11. The molecule has 2 rings (SSSR count). The second kappa shape index (κ2) is 6.39. The van der Waals surface area contributed by atoms with Crippen molar-refractivity contribution in [2.45, 2.75) is 30.2 Å². The third-order valence-electron chi connectivity index (χ3n) is 2.89. The van der Waals surface area contributed by atoms with Crippen molar-refractivity contribution >= 4 is 44.8 Å². The number of anilines is 1. The van der Waals surface area contributed by atoms with Gasteiger partial charge < -0.3 is 11.1 Å². The van der Waals surface area contributed by atoms with E-state index in [0.29, 0.717) is 0 Å². The average molecular weight is 352 g/mol. The summed E-state index contributed by atoms with van der Waals surface area (Å²) in [6, 6.07) is 2.85. The summed E-state index contributed by atoms with van der Waals surface area (Å²) < 4.78 is 26.6. The minimum absolute atomic E-state index is 0.0285. The van der Waals surface area contributed by atoms with Crippen molar-refractivity contribution in [1.82, 2.24) is 10.0 Å². The molecular weight excluding hydrogens is 337 g/mol. The SMILES string of the molecule is Nc1cc(Cl)cc(Cl)c1S(=O)(=O)NCCC(=O)NC1CC1. The minimum Gasteiger partial charge on any atom is -0.398 e. The van der Waals surface area contributed by atoms with Crippen molar-refractivity contribution in [3.63, 3.8) is 0 Å². The molecule has 1 fully saturated rings. The van der Waals surface area contributed by atoms with Crippen LogP contribution in [-0.4, -0.2) is 26.9 Å². The molecule has 1 aromatic carbocycles. The van der Waals surface area contributed by atoms with Crippen molar-refractivity contribution in [2.24, 2.45) is 0 Å². The van der Waals surface area contributed by atoms with Crippen LogP contribution in [-0.2, 0) is 14.8 Å². The molecule has 1 aliphatic carbocycles. The second-order valence-corrected chi connectivity index (χ2v) is 7.34. The molecule has 0 aliphatic heterocycles. The van der Waals surface area contributed by atoms with Crippen molar-refractivity contribution in [2.75, 3.05) is 12.3 Å². The predicted molar refractivity (Wildman–Crippen MR) is 81.8 cm³/mol. The summed E-state index contributed by atoms with van der Waals surface area (Å²) >= 11 is 11.6. The lowest BCUT2D eigenvalue weighted by atomic mass is 10.3. The summed E-state index contributed by atoms with van der Waals surface area (Å²) in [5, 5.41) is 2.96. The van der Waals surface area contributed by atoms with Crippen LogP contribution in [0.5, 0.6) is 0 Å². The molecule has 0 spiro atoms. The van der Waals surface area contributed by atoms with Crippen LogP contribution in [0.2, 0.25) is 10.0 Å². The van der Waals surface area contributed by atoms with E-state index in [1.165, 1.54) is 12.1 Å². The second-order valence-electron chi connectivity index (χ2n) is 4.80. The van der Waals surface area contributed by atoms with Crippen molar-refractivity contribution < 1.29 is 13.2 Å². The van der Waals surface area contributed by atoms with Crippen LogP contribution in [0.1, 0.15) is 19.3 Å². The molecule has 0 saturated heterocycles. The van der Waals surface area contributed by atoms with Crippen LogP contribution in [0.4, 0.5) is 5.69 Å². The monoisotopic (exact) mass is 351 g/mol. The molecule has 1 aliphatic rings. The van der Waals surface area contributed by atoms with Gasteiger partial charge in [-0.05, 0) is 25.0 Å². The van der Waals surface area contributed by atoms with Gasteiger partial charge in [0.1, 0.15) is 4.90 Å². The highest BCUT2D eigenvalue weighted by atomic mass is 35.5. The van der Waals surface area contributed by atoms with Gasteiger partial charge in [0.2, 0.25) is 15.9 Å². The van der Waals surface area contributed by atoms with Gasteiger partial charge in [-0.3, -0.25) is 4.79 Å². The van der Waals surface area contributed by atoms with Gasteiger partial charge in [0.25, 0.3) is 0 Å². The van der Waals surface area contributed by atoms with Crippen LogP contribution in [0.3, 0.4) is 0 Å². The van der Waals surface area contributed by atoms with Gasteiger partial charge in [-0.15, -0.1) is 0 Å². The Balaban J connectivity index is 1.99. The Kier molecular flexibility index (Phi) is 4.98. The molecule has 0 aromatic heterocycles. The Labute approximate surface area is 133 Å². The molecule has 1 amide bonds. The van der Waals surface area contributed by atoms with Crippen LogP contribution >= 0.6 is 23.2 Å². The third-order valence-corrected chi connectivity index (χ3v) is 5.10. The van der Waals surface area contributed by atoms with E-state index in [1.54, 1.807) is 0 Å². The minimum atomic E-state index is -3.89. The maximum Gasteiger partial charge on any atom is 0.244 e. The number of nitrogen functional groups attached to an aromatic ring is 1. The third kappa shape index (κ3) is 4.47. The van der Waals surface area contributed by atoms with Crippen molar-refractivity contribution in [3.8, 4) is 0 Å². The number of sulfonamides is 1. The molecule has 0 bridgehead atoms. The van der Waals surface area contributed by atoms with E-state index in [2.05, 4.69) is 10.0 Å². The first-order valence-corrected chi connectivity index (χ1v) is 8.57. The predicted octanol–water partition coefficient (Wildman–Crippen LogP) is 1.52. The number of amides is 1. The first-order chi connectivity index (χ1) is 9.79. The number of halogens is 2. The Hall–Kier alpha value is -1.02. The quantitative estimate of drug-likeness (QED) is 0.676. The Morgan fingerprint density at radius 3 is 2.57 bits per heavy atom. The van der Waals surface area contributed by atoms with Gasteiger partial charge in [-0.2, -0.15) is 0 Å². The van der Waals surface area contributed by atoms with Crippen LogP contribution < -0.4 is 15.8 Å². The number of rotatable bonds is 6. The highest BCUT2D eigenvalue weighted by Gasteiger charge is 2.24. The fourth-order valence-electron chi connectivity index (χ4n) is 1.76. The number of nitrogens with one attached hydrogen (secondary N) is 2. The maximum absolute atomic E-state index is 12.2.